The first-order chi connectivity index (χ1) is 12.2. The maximum Gasteiger partial charge on any atom is 0.186 e. The molecule has 0 N–H and O–H groups in total. The largest absolute Gasteiger partial charge is 0.264 e. The van der Waals surface area contributed by atoms with Gasteiger partial charge < -0.3 is 0 Å². The van der Waals surface area contributed by atoms with Crippen LogP contribution in [0.2, 0.25) is 10.0 Å². The molecule has 4 rings (SSSR count). The van der Waals surface area contributed by atoms with Gasteiger partial charge in [-0.3, -0.25) is 4.98 Å². The Hall–Kier alpha value is -2.15. The highest BCUT2D eigenvalue weighted by Gasteiger charge is 2.11. The zero-order valence-corrected chi connectivity index (χ0v) is 15.1. The van der Waals surface area contributed by atoms with Crippen LogP contribution in [0.15, 0.2) is 59.9 Å². The van der Waals surface area contributed by atoms with Crippen LogP contribution in [-0.4, -0.2) is 24.8 Å². The lowest BCUT2D eigenvalue weighted by Crippen LogP contribution is -1.97. The van der Waals surface area contributed by atoms with E-state index in [2.05, 4.69) is 20.3 Å². The normalized spacial score (nSPS) is 11.1. The number of nitrogens with zero attached hydrogens (tertiary/aromatic N) is 5. The van der Waals surface area contributed by atoms with E-state index in [1.165, 1.54) is 0 Å². The number of benzene rings is 1. The van der Waals surface area contributed by atoms with Crippen molar-refractivity contribution < 1.29 is 0 Å². The van der Waals surface area contributed by atoms with Crippen LogP contribution >= 0.6 is 35.0 Å². The molecule has 0 unspecified atom stereocenters. The van der Waals surface area contributed by atoms with Crippen molar-refractivity contribution in [1.82, 2.24) is 24.8 Å². The molecule has 0 saturated heterocycles. The lowest BCUT2D eigenvalue weighted by molar-refractivity contribution is 0.860. The molecule has 25 heavy (non-hydrogen) atoms. The summed E-state index contributed by atoms with van der Waals surface area (Å²) >= 11 is 13.8. The van der Waals surface area contributed by atoms with E-state index in [-0.39, 0.29) is 0 Å². The third kappa shape index (κ3) is 3.46. The number of halogens is 2. The molecule has 124 valence electrons. The quantitative estimate of drug-likeness (QED) is 0.471. The zero-order chi connectivity index (χ0) is 17.2. The van der Waals surface area contributed by atoms with Crippen molar-refractivity contribution in [2.75, 3.05) is 0 Å². The van der Waals surface area contributed by atoms with Gasteiger partial charge in [0, 0.05) is 33.8 Å². The Bertz CT molecular complexity index is 1040. The fourth-order valence-electron chi connectivity index (χ4n) is 2.31. The van der Waals surface area contributed by atoms with Crippen molar-refractivity contribution in [3.05, 3.63) is 70.5 Å². The van der Waals surface area contributed by atoms with Crippen LogP contribution in [0.25, 0.3) is 17.0 Å². The Kier molecular flexibility index (Phi) is 4.57. The molecule has 0 saturated carbocycles. The van der Waals surface area contributed by atoms with Crippen molar-refractivity contribution >= 4 is 40.6 Å². The van der Waals surface area contributed by atoms with Crippen LogP contribution in [-0.2, 0) is 5.75 Å². The first kappa shape index (κ1) is 16.3. The number of pyridine rings is 1. The maximum absolute atomic E-state index is 6.23. The van der Waals surface area contributed by atoms with Crippen LogP contribution in [0.1, 0.15) is 5.56 Å². The summed E-state index contributed by atoms with van der Waals surface area (Å²) in [6, 6.07) is 13.1. The average Bonchev–Trinajstić information content (AvgIpc) is 3.05. The highest BCUT2D eigenvalue weighted by Crippen LogP contribution is 2.28. The van der Waals surface area contributed by atoms with Gasteiger partial charge in [0.25, 0.3) is 0 Å². The molecule has 0 aliphatic heterocycles. The van der Waals surface area contributed by atoms with E-state index in [9.17, 15) is 0 Å². The summed E-state index contributed by atoms with van der Waals surface area (Å²) < 4.78 is 1.73. The zero-order valence-electron chi connectivity index (χ0n) is 12.8. The summed E-state index contributed by atoms with van der Waals surface area (Å²) in [7, 11) is 0. The summed E-state index contributed by atoms with van der Waals surface area (Å²) in [5.41, 5.74) is 2.56. The van der Waals surface area contributed by atoms with Crippen LogP contribution in [0.4, 0.5) is 0 Å². The highest BCUT2D eigenvalue weighted by atomic mass is 35.5. The van der Waals surface area contributed by atoms with E-state index in [0.717, 1.165) is 16.2 Å². The lowest BCUT2D eigenvalue weighted by atomic mass is 10.2. The van der Waals surface area contributed by atoms with Crippen LogP contribution in [0.5, 0.6) is 0 Å². The molecule has 0 radical (unpaired) electrons. The molecule has 0 bridgehead atoms. The summed E-state index contributed by atoms with van der Waals surface area (Å²) in [5.74, 6) is 1.36. The molecule has 0 aliphatic carbocycles. The number of hydrogen-bond acceptors (Lipinski definition) is 5. The molecule has 4 aromatic rings. The predicted molar refractivity (Wildman–Crippen MR) is 100 cm³/mol. The molecule has 0 fully saturated rings. The first-order valence-corrected chi connectivity index (χ1v) is 9.14. The Morgan fingerprint density at radius 3 is 2.76 bits per heavy atom. The van der Waals surface area contributed by atoms with Crippen LogP contribution < -0.4 is 0 Å². The highest BCUT2D eigenvalue weighted by molar-refractivity contribution is 7.98. The summed E-state index contributed by atoms with van der Waals surface area (Å²) in [6.45, 7) is 0. The fourth-order valence-corrected chi connectivity index (χ4v) is 3.73. The average molecular weight is 388 g/mol. The third-order valence-corrected chi connectivity index (χ3v) is 5.10. The molecule has 0 atom stereocenters. The minimum Gasteiger partial charge on any atom is -0.264 e. The molecule has 5 nitrogen and oxygen atoms in total. The van der Waals surface area contributed by atoms with Crippen molar-refractivity contribution in [3.8, 4) is 11.4 Å². The second kappa shape index (κ2) is 7.00. The fraction of sp³-hybridized carbons (Fsp3) is 0.0588. The summed E-state index contributed by atoms with van der Waals surface area (Å²) in [5, 5.41) is 15.1. The number of thioether (sulfide) groups is 1. The third-order valence-electron chi connectivity index (χ3n) is 3.55. The molecule has 3 aromatic heterocycles. The molecule has 0 amide bonds. The van der Waals surface area contributed by atoms with Gasteiger partial charge in [0.2, 0.25) is 0 Å². The molecule has 0 aliphatic rings. The second-order valence-electron chi connectivity index (χ2n) is 5.23. The monoisotopic (exact) mass is 387 g/mol. The minimum absolute atomic E-state index is 0.629. The van der Waals surface area contributed by atoms with Crippen molar-refractivity contribution in [3.63, 3.8) is 0 Å². The van der Waals surface area contributed by atoms with Crippen molar-refractivity contribution in [1.29, 1.82) is 0 Å². The van der Waals surface area contributed by atoms with Gasteiger partial charge >= 0.3 is 0 Å². The Morgan fingerprint density at radius 2 is 1.96 bits per heavy atom. The van der Waals surface area contributed by atoms with E-state index in [1.54, 1.807) is 34.7 Å². The molecular weight excluding hydrogens is 377 g/mol. The van der Waals surface area contributed by atoms with Crippen molar-refractivity contribution in [2.24, 2.45) is 0 Å². The smallest absolute Gasteiger partial charge is 0.186 e. The second-order valence-corrected chi connectivity index (χ2v) is 7.07. The van der Waals surface area contributed by atoms with Crippen LogP contribution in [0.3, 0.4) is 0 Å². The van der Waals surface area contributed by atoms with Gasteiger partial charge in [0.1, 0.15) is 5.03 Å². The minimum atomic E-state index is 0.629. The molecule has 1 aromatic carbocycles. The molecule has 8 heteroatoms. The number of aromatic nitrogens is 5. The predicted octanol–water partition coefficient (Wildman–Crippen LogP) is 4.79. The van der Waals surface area contributed by atoms with E-state index in [1.807, 2.05) is 36.4 Å². The van der Waals surface area contributed by atoms with Crippen LogP contribution in [0, 0.1) is 0 Å². The van der Waals surface area contributed by atoms with Gasteiger partial charge in [-0.2, -0.15) is 9.61 Å². The number of hydrogen-bond donors (Lipinski definition) is 0. The Morgan fingerprint density at radius 1 is 1.04 bits per heavy atom. The van der Waals surface area contributed by atoms with Gasteiger partial charge in [0.05, 0.1) is 0 Å². The molecular formula is C17H11Cl2N5S. The van der Waals surface area contributed by atoms with E-state index in [0.29, 0.717) is 27.3 Å². The molecule has 0 spiro atoms. The van der Waals surface area contributed by atoms with E-state index < -0.39 is 0 Å². The number of fused-ring (bicyclic) bond motifs is 1. The SMILES string of the molecule is Clc1ccc(CSc2ccc3nnc(-c4cccnc4)n3n2)c(Cl)c1. The Balaban J connectivity index is 1.62. The van der Waals surface area contributed by atoms with Crippen molar-refractivity contribution in [2.45, 2.75) is 10.8 Å². The summed E-state index contributed by atoms with van der Waals surface area (Å²) in [4.78, 5) is 4.12. The topological polar surface area (TPSA) is 56.0 Å². The van der Waals surface area contributed by atoms with Gasteiger partial charge in [0.15, 0.2) is 11.5 Å². The standard InChI is InChI=1S/C17H11Cl2N5S/c18-13-4-3-12(14(19)8-13)10-25-16-6-5-15-21-22-17(24(15)23-16)11-2-1-7-20-9-11/h1-9H,10H2. The van der Waals surface area contributed by atoms with E-state index in [4.69, 9.17) is 23.2 Å². The number of rotatable bonds is 4. The first-order valence-electron chi connectivity index (χ1n) is 7.40. The Labute approximate surface area is 158 Å². The van der Waals surface area contributed by atoms with Gasteiger partial charge in [-0.15, -0.1) is 10.2 Å². The van der Waals surface area contributed by atoms with E-state index >= 15 is 0 Å². The van der Waals surface area contributed by atoms with Gasteiger partial charge in [-0.1, -0.05) is 41.0 Å². The maximum atomic E-state index is 6.23. The lowest BCUT2D eigenvalue weighted by Gasteiger charge is -2.05. The van der Waals surface area contributed by atoms with Gasteiger partial charge in [-0.25, -0.2) is 0 Å². The summed E-state index contributed by atoms with van der Waals surface area (Å²) in [6.07, 6.45) is 3.46. The molecule has 3 heterocycles. The van der Waals surface area contributed by atoms with Gasteiger partial charge in [-0.05, 0) is 42.0 Å².